The molecule has 1 N–H and O–H groups in total. The molecule has 94 valence electrons. The summed E-state index contributed by atoms with van der Waals surface area (Å²) in [5.74, 6) is -1.60. The van der Waals surface area contributed by atoms with Crippen LogP contribution in [-0.2, 0) is 14.8 Å². The minimum Gasteiger partial charge on any atom is -0.481 e. The third-order valence-corrected chi connectivity index (χ3v) is 3.81. The zero-order chi connectivity index (χ0) is 13.2. The van der Waals surface area contributed by atoms with Crippen LogP contribution < -0.4 is 4.31 Å². The number of benzene rings is 1. The van der Waals surface area contributed by atoms with Gasteiger partial charge in [-0.3, -0.25) is 9.10 Å². The molecule has 1 aromatic carbocycles. The molecule has 0 aliphatic rings. The van der Waals surface area contributed by atoms with Gasteiger partial charge >= 0.3 is 5.97 Å². The van der Waals surface area contributed by atoms with Gasteiger partial charge in [0.1, 0.15) is 0 Å². The predicted octanol–water partition coefficient (Wildman–Crippen LogP) is 1.27. The number of hydrogen-bond donors (Lipinski definition) is 1. The fourth-order valence-corrected chi connectivity index (χ4v) is 1.82. The lowest BCUT2D eigenvalue weighted by Crippen LogP contribution is -2.25. The van der Waals surface area contributed by atoms with Crippen LogP contribution in [0, 0.1) is 0 Å². The van der Waals surface area contributed by atoms with Crippen molar-refractivity contribution in [2.75, 3.05) is 17.6 Å². The van der Waals surface area contributed by atoms with Gasteiger partial charge in [-0.15, -0.1) is 0 Å². The Morgan fingerprint density at radius 1 is 1.41 bits per heavy atom. The summed E-state index contributed by atoms with van der Waals surface area (Å²) in [6.45, 7) is 1.56. The molecular formula is C11H15NO4S. The highest BCUT2D eigenvalue weighted by Crippen LogP contribution is 2.22. The van der Waals surface area contributed by atoms with Crippen LogP contribution in [0.1, 0.15) is 18.4 Å². The van der Waals surface area contributed by atoms with Crippen LogP contribution in [-0.4, -0.2) is 32.8 Å². The standard InChI is InChI=1S/C11H15NO4S/c1-8(11(13)14)9-5-4-6-10(7-9)12(2)17(3,15)16/h4-8H,1-3H3,(H,13,14). The first-order chi connectivity index (χ1) is 7.73. The Balaban J connectivity index is 3.14. The third-order valence-electron chi connectivity index (χ3n) is 2.60. The monoisotopic (exact) mass is 257 g/mol. The van der Waals surface area contributed by atoms with Crippen molar-refractivity contribution in [1.82, 2.24) is 0 Å². The van der Waals surface area contributed by atoms with Crippen molar-refractivity contribution >= 4 is 21.7 Å². The molecule has 5 nitrogen and oxygen atoms in total. The first kappa shape index (κ1) is 13.5. The molecule has 0 amide bonds. The van der Waals surface area contributed by atoms with E-state index in [0.29, 0.717) is 11.3 Å². The molecule has 0 aliphatic heterocycles. The first-order valence-electron chi connectivity index (χ1n) is 5.00. The number of nitrogens with zero attached hydrogens (tertiary/aromatic N) is 1. The first-order valence-corrected chi connectivity index (χ1v) is 6.85. The number of sulfonamides is 1. The predicted molar refractivity (Wildman–Crippen MR) is 65.7 cm³/mol. The van der Waals surface area contributed by atoms with Gasteiger partial charge in [-0.2, -0.15) is 0 Å². The molecular weight excluding hydrogens is 242 g/mol. The summed E-state index contributed by atoms with van der Waals surface area (Å²) in [5, 5.41) is 8.89. The molecule has 0 radical (unpaired) electrons. The lowest BCUT2D eigenvalue weighted by atomic mass is 10.0. The number of rotatable bonds is 4. The number of anilines is 1. The summed E-state index contributed by atoms with van der Waals surface area (Å²) >= 11 is 0. The van der Waals surface area contributed by atoms with E-state index in [9.17, 15) is 13.2 Å². The zero-order valence-electron chi connectivity index (χ0n) is 9.91. The van der Waals surface area contributed by atoms with Crippen LogP contribution in [0.2, 0.25) is 0 Å². The molecule has 0 aromatic heterocycles. The Bertz CT molecular complexity index is 524. The van der Waals surface area contributed by atoms with Gasteiger partial charge in [0.05, 0.1) is 17.9 Å². The van der Waals surface area contributed by atoms with Crippen molar-refractivity contribution in [3.05, 3.63) is 29.8 Å². The quantitative estimate of drug-likeness (QED) is 0.881. The molecule has 0 bridgehead atoms. The summed E-state index contributed by atoms with van der Waals surface area (Å²) < 4.78 is 23.8. The van der Waals surface area contributed by atoms with Crippen molar-refractivity contribution in [3.63, 3.8) is 0 Å². The molecule has 0 aliphatic carbocycles. The summed E-state index contributed by atoms with van der Waals surface area (Å²) in [6.07, 6.45) is 1.10. The molecule has 0 spiro atoms. The van der Waals surface area contributed by atoms with E-state index in [-0.39, 0.29) is 0 Å². The van der Waals surface area contributed by atoms with E-state index >= 15 is 0 Å². The van der Waals surface area contributed by atoms with Crippen LogP contribution in [0.3, 0.4) is 0 Å². The van der Waals surface area contributed by atoms with Crippen LogP contribution >= 0.6 is 0 Å². The molecule has 0 saturated carbocycles. The SMILES string of the molecule is CC(C(=O)O)c1cccc(N(C)S(C)(=O)=O)c1. The highest BCUT2D eigenvalue weighted by atomic mass is 32.2. The molecule has 0 saturated heterocycles. The fraction of sp³-hybridized carbons (Fsp3) is 0.364. The molecule has 0 fully saturated rings. The van der Waals surface area contributed by atoms with Crippen molar-refractivity contribution < 1.29 is 18.3 Å². The molecule has 1 aromatic rings. The van der Waals surface area contributed by atoms with Crippen molar-refractivity contribution in [3.8, 4) is 0 Å². The number of carbonyl (C=O) groups is 1. The average molecular weight is 257 g/mol. The maximum atomic E-state index is 11.4. The molecule has 0 heterocycles. The summed E-state index contributed by atoms with van der Waals surface area (Å²) in [6, 6.07) is 6.50. The lowest BCUT2D eigenvalue weighted by Gasteiger charge is -2.18. The van der Waals surface area contributed by atoms with Crippen LogP contribution in [0.25, 0.3) is 0 Å². The smallest absolute Gasteiger partial charge is 0.310 e. The number of carboxylic acid groups (broad SMARTS) is 1. The molecule has 17 heavy (non-hydrogen) atoms. The Kier molecular flexibility index (Phi) is 3.77. The second-order valence-electron chi connectivity index (χ2n) is 3.89. The van der Waals surface area contributed by atoms with Gasteiger partial charge in [0, 0.05) is 7.05 Å². The molecule has 1 unspecified atom stereocenters. The van der Waals surface area contributed by atoms with E-state index in [1.807, 2.05) is 0 Å². The minimum absolute atomic E-state index is 0.457. The zero-order valence-corrected chi connectivity index (χ0v) is 10.7. The Labute approximate surface area is 101 Å². The van der Waals surface area contributed by atoms with Gasteiger partial charge < -0.3 is 5.11 Å². The van der Waals surface area contributed by atoms with Gasteiger partial charge in [-0.1, -0.05) is 12.1 Å². The van der Waals surface area contributed by atoms with Crippen molar-refractivity contribution in [1.29, 1.82) is 0 Å². The second-order valence-corrected chi connectivity index (χ2v) is 5.90. The van der Waals surface area contributed by atoms with E-state index in [1.165, 1.54) is 7.05 Å². The average Bonchev–Trinajstić information content (AvgIpc) is 2.25. The summed E-state index contributed by atoms with van der Waals surface area (Å²) in [7, 11) is -1.90. The van der Waals surface area contributed by atoms with Crippen molar-refractivity contribution in [2.45, 2.75) is 12.8 Å². The largest absolute Gasteiger partial charge is 0.481 e. The Morgan fingerprint density at radius 2 is 2.00 bits per heavy atom. The fourth-order valence-electron chi connectivity index (χ4n) is 1.32. The van der Waals surface area contributed by atoms with E-state index in [1.54, 1.807) is 31.2 Å². The maximum Gasteiger partial charge on any atom is 0.310 e. The summed E-state index contributed by atoms with van der Waals surface area (Å²) in [4.78, 5) is 10.8. The maximum absolute atomic E-state index is 11.4. The Morgan fingerprint density at radius 3 is 2.47 bits per heavy atom. The third kappa shape index (κ3) is 3.20. The van der Waals surface area contributed by atoms with Gasteiger partial charge in [0.15, 0.2) is 0 Å². The van der Waals surface area contributed by atoms with Gasteiger partial charge in [0.25, 0.3) is 0 Å². The van der Waals surface area contributed by atoms with E-state index in [4.69, 9.17) is 5.11 Å². The molecule has 1 rings (SSSR count). The normalized spacial score (nSPS) is 13.1. The number of hydrogen-bond acceptors (Lipinski definition) is 3. The van der Waals surface area contributed by atoms with Crippen LogP contribution in [0.4, 0.5) is 5.69 Å². The molecule has 1 atom stereocenters. The number of carboxylic acids is 1. The van der Waals surface area contributed by atoms with E-state index in [2.05, 4.69) is 0 Å². The highest BCUT2D eigenvalue weighted by Gasteiger charge is 2.17. The highest BCUT2D eigenvalue weighted by molar-refractivity contribution is 7.92. The lowest BCUT2D eigenvalue weighted by molar-refractivity contribution is -0.138. The Hall–Kier alpha value is -1.56. The number of aliphatic carboxylic acids is 1. The van der Waals surface area contributed by atoms with Crippen molar-refractivity contribution in [2.24, 2.45) is 0 Å². The van der Waals surface area contributed by atoms with Gasteiger partial charge in [-0.25, -0.2) is 8.42 Å². The van der Waals surface area contributed by atoms with Gasteiger partial charge in [-0.05, 0) is 24.6 Å². The van der Waals surface area contributed by atoms with Gasteiger partial charge in [0.2, 0.25) is 10.0 Å². The summed E-state index contributed by atoms with van der Waals surface area (Å²) in [5.41, 5.74) is 1.03. The van der Waals surface area contributed by atoms with Crippen LogP contribution in [0.5, 0.6) is 0 Å². The van der Waals surface area contributed by atoms with E-state index in [0.717, 1.165) is 10.6 Å². The minimum atomic E-state index is -3.33. The topological polar surface area (TPSA) is 74.7 Å². The van der Waals surface area contributed by atoms with E-state index < -0.39 is 21.9 Å². The molecule has 6 heteroatoms. The van der Waals surface area contributed by atoms with Crippen LogP contribution in [0.15, 0.2) is 24.3 Å². The second kappa shape index (κ2) is 4.75.